The van der Waals surface area contributed by atoms with Gasteiger partial charge in [-0.25, -0.2) is 4.79 Å². The summed E-state index contributed by atoms with van der Waals surface area (Å²) in [5, 5.41) is 16.7. The summed E-state index contributed by atoms with van der Waals surface area (Å²) in [6.07, 6.45) is 1.96. The Bertz CT molecular complexity index is 1720. The van der Waals surface area contributed by atoms with E-state index in [0.717, 1.165) is 7.11 Å². The van der Waals surface area contributed by atoms with Gasteiger partial charge >= 0.3 is 5.97 Å². The number of carbonyl (C=O) groups excluding carboxylic acids is 2. The zero-order valence-electron chi connectivity index (χ0n) is 21.8. The van der Waals surface area contributed by atoms with Crippen molar-refractivity contribution < 1.29 is 27.9 Å². The van der Waals surface area contributed by atoms with E-state index < -0.39 is 27.5 Å². The highest BCUT2D eigenvalue weighted by atomic mass is 32.2. The van der Waals surface area contributed by atoms with E-state index >= 15 is 0 Å². The molecule has 0 atom stereocenters. The summed E-state index contributed by atoms with van der Waals surface area (Å²) in [7, 11) is -3.19. The molecule has 204 valence electrons. The van der Waals surface area contributed by atoms with Crippen LogP contribution in [0.4, 0.5) is 5.69 Å². The number of sulfonamides is 1. The predicted octanol–water partition coefficient (Wildman–Crippen LogP) is 2.96. The normalized spacial score (nSPS) is 14.4. The molecule has 2 aromatic carbocycles. The zero-order chi connectivity index (χ0) is 28.5. The summed E-state index contributed by atoms with van der Waals surface area (Å²) in [5.74, 6) is -1.70. The molecular weight excluding hydrogens is 524 g/mol. The third kappa shape index (κ3) is 5.55. The van der Waals surface area contributed by atoms with E-state index in [1.807, 2.05) is 13.8 Å². The van der Waals surface area contributed by atoms with E-state index in [1.165, 1.54) is 35.8 Å². The lowest BCUT2D eigenvalue weighted by Crippen LogP contribution is -2.33. The topological polar surface area (TPSA) is 156 Å². The van der Waals surface area contributed by atoms with E-state index in [9.17, 15) is 27.9 Å². The van der Waals surface area contributed by atoms with Crippen molar-refractivity contribution in [2.45, 2.75) is 38.6 Å². The third-order valence-electron chi connectivity index (χ3n) is 6.09. The van der Waals surface area contributed by atoms with Gasteiger partial charge < -0.3 is 25.0 Å². The highest BCUT2D eigenvalue weighted by Crippen LogP contribution is 2.33. The van der Waals surface area contributed by atoms with Crippen LogP contribution in [-0.2, 0) is 30.9 Å². The fraction of sp³-hybridized carbons (Fsp3) is 0.259. The van der Waals surface area contributed by atoms with Crippen LogP contribution in [0.15, 0.2) is 62.2 Å². The highest BCUT2D eigenvalue weighted by Gasteiger charge is 2.30. The van der Waals surface area contributed by atoms with Gasteiger partial charge in [0.25, 0.3) is 15.6 Å². The minimum Gasteiger partial charge on any atom is -0.506 e. The molecule has 1 amide bonds. The molecule has 0 aliphatic carbocycles. The number of hydrogen-bond donors (Lipinski definition) is 3. The smallest absolute Gasteiger partial charge is 0.354 e. The Labute approximate surface area is 224 Å². The number of nitrogens with zero attached hydrogens (tertiary/aromatic N) is 2. The van der Waals surface area contributed by atoms with Gasteiger partial charge in [0, 0.05) is 18.9 Å². The molecule has 0 saturated heterocycles. The van der Waals surface area contributed by atoms with Crippen molar-refractivity contribution in [3.05, 3.63) is 69.6 Å². The number of aromatic nitrogens is 1. The van der Waals surface area contributed by atoms with Crippen LogP contribution >= 0.6 is 0 Å². The van der Waals surface area contributed by atoms with Gasteiger partial charge in [-0.15, -0.1) is 4.40 Å². The number of aryl methyl sites for hydroxylation is 1. The van der Waals surface area contributed by atoms with Gasteiger partial charge in [0.1, 0.15) is 21.9 Å². The Morgan fingerprint density at radius 3 is 2.59 bits per heavy atom. The lowest BCUT2D eigenvalue weighted by molar-refractivity contribution is -0.137. The summed E-state index contributed by atoms with van der Waals surface area (Å²) >= 11 is 0. The van der Waals surface area contributed by atoms with E-state index in [2.05, 4.69) is 19.8 Å². The second kappa shape index (κ2) is 10.7. The average molecular weight is 553 g/mol. The summed E-state index contributed by atoms with van der Waals surface area (Å²) in [6, 6.07) is 11.1. The Morgan fingerprint density at radius 2 is 1.92 bits per heavy atom. The molecule has 3 aromatic rings. The molecule has 11 nitrogen and oxygen atoms in total. The first-order valence-electron chi connectivity index (χ1n) is 12.1. The first kappa shape index (κ1) is 27.6. The van der Waals surface area contributed by atoms with Crippen LogP contribution in [0, 0.1) is 5.92 Å². The monoisotopic (exact) mass is 552 g/mol. The van der Waals surface area contributed by atoms with Crippen molar-refractivity contribution in [2.75, 3.05) is 12.4 Å². The number of hydrogen-bond acceptors (Lipinski definition) is 8. The van der Waals surface area contributed by atoms with Crippen molar-refractivity contribution in [3.8, 4) is 5.75 Å². The molecule has 2 heterocycles. The molecule has 0 radical (unpaired) electrons. The maximum absolute atomic E-state index is 13.6. The molecule has 4 rings (SSSR count). The van der Waals surface area contributed by atoms with E-state index in [-0.39, 0.29) is 39.0 Å². The quantitative estimate of drug-likeness (QED) is 0.298. The fourth-order valence-electron chi connectivity index (χ4n) is 4.20. The number of rotatable bonds is 7. The number of carbonyl (C=O) groups is 2. The molecule has 1 aliphatic heterocycles. The maximum Gasteiger partial charge on any atom is 0.354 e. The number of aromatic hydroxyl groups is 1. The van der Waals surface area contributed by atoms with Gasteiger partial charge in [-0.3, -0.25) is 9.59 Å². The van der Waals surface area contributed by atoms with Gasteiger partial charge in [-0.2, -0.15) is 8.42 Å². The van der Waals surface area contributed by atoms with Crippen LogP contribution in [0.1, 0.15) is 38.3 Å². The van der Waals surface area contributed by atoms with Crippen LogP contribution in [-0.4, -0.2) is 42.9 Å². The second-order valence-electron chi connectivity index (χ2n) is 9.41. The van der Waals surface area contributed by atoms with Gasteiger partial charge in [-0.1, -0.05) is 32.0 Å². The first-order chi connectivity index (χ1) is 18.4. The molecule has 12 heteroatoms. The average Bonchev–Trinajstić information content (AvgIpc) is 2.87. The Morgan fingerprint density at radius 1 is 1.21 bits per heavy atom. The van der Waals surface area contributed by atoms with Crippen LogP contribution in [0.25, 0.3) is 17.0 Å². The molecular formula is C27H28N4O7S. The molecule has 1 aliphatic rings. The number of fused-ring (bicyclic) bond motifs is 2. The second-order valence-corrected chi connectivity index (χ2v) is 11.0. The molecule has 0 unspecified atom stereocenters. The number of benzene rings is 2. The fourth-order valence-corrected chi connectivity index (χ4v) is 5.36. The minimum absolute atomic E-state index is 0.122. The predicted molar refractivity (Wildman–Crippen MR) is 147 cm³/mol. The van der Waals surface area contributed by atoms with Crippen LogP contribution in [0.5, 0.6) is 5.75 Å². The largest absolute Gasteiger partial charge is 0.506 e. The van der Waals surface area contributed by atoms with Crippen molar-refractivity contribution in [2.24, 2.45) is 10.3 Å². The van der Waals surface area contributed by atoms with E-state index in [4.69, 9.17) is 0 Å². The lowest BCUT2D eigenvalue weighted by Gasteiger charge is -2.21. The highest BCUT2D eigenvalue weighted by molar-refractivity contribution is 7.90. The molecule has 3 N–H and O–H groups in total. The molecule has 1 aromatic heterocycles. The van der Waals surface area contributed by atoms with Crippen molar-refractivity contribution in [1.82, 2.24) is 9.88 Å². The van der Waals surface area contributed by atoms with Crippen molar-refractivity contribution in [1.29, 1.82) is 0 Å². The van der Waals surface area contributed by atoms with Crippen LogP contribution in [0.2, 0.25) is 0 Å². The lowest BCUT2D eigenvalue weighted by atomic mass is 10.1. The Kier molecular flexibility index (Phi) is 7.59. The number of ether oxygens (including phenoxy) is 1. The van der Waals surface area contributed by atoms with Crippen LogP contribution < -0.4 is 16.2 Å². The number of esters is 1. The Hall–Kier alpha value is -4.45. The number of amides is 1. The summed E-state index contributed by atoms with van der Waals surface area (Å²) in [5.41, 5.74) is -0.0865. The number of pyridine rings is 1. The number of amidine groups is 1. The summed E-state index contributed by atoms with van der Waals surface area (Å²) < 4.78 is 36.5. The zero-order valence-corrected chi connectivity index (χ0v) is 22.6. The molecule has 39 heavy (non-hydrogen) atoms. The number of para-hydroxylation sites is 1. The molecule has 0 bridgehead atoms. The maximum atomic E-state index is 13.6. The molecule has 0 saturated carbocycles. The Balaban J connectivity index is 1.84. The van der Waals surface area contributed by atoms with Crippen molar-refractivity contribution in [3.63, 3.8) is 0 Å². The third-order valence-corrected chi connectivity index (χ3v) is 7.40. The first-order valence-corrected chi connectivity index (χ1v) is 13.6. The number of nitrogens with one attached hydrogen (secondary N) is 2. The molecule has 0 spiro atoms. The SMILES string of the molecule is COC(=O)/C(=C/c1ccc2c(c1)S(=O)(=O)N=C(c1c(O)c3ccccc3n(CCC(C)C)c1=O)N2)NC(C)=O. The van der Waals surface area contributed by atoms with E-state index in [1.54, 1.807) is 24.3 Å². The van der Waals surface area contributed by atoms with Gasteiger partial charge in [0.2, 0.25) is 5.91 Å². The standard InChI is InChI=1S/C27H28N4O7S/c1-15(2)11-12-31-21-8-6-5-7-18(21)24(33)23(26(31)34)25-29-19-10-9-17(14-22(19)39(36,37)30-25)13-20(27(35)38-4)28-16(3)32/h5-10,13-15,33H,11-12H2,1-4H3,(H,28,32)(H,29,30)/b20-13-. The van der Waals surface area contributed by atoms with Gasteiger partial charge in [-0.05, 0) is 48.2 Å². The van der Waals surface area contributed by atoms with Crippen LogP contribution in [0.3, 0.4) is 0 Å². The van der Waals surface area contributed by atoms with Crippen molar-refractivity contribution >= 4 is 50.4 Å². The van der Waals surface area contributed by atoms with E-state index in [0.29, 0.717) is 29.8 Å². The summed E-state index contributed by atoms with van der Waals surface area (Å²) in [4.78, 5) is 36.9. The van der Waals surface area contributed by atoms with Gasteiger partial charge in [0.15, 0.2) is 5.84 Å². The molecule has 0 fully saturated rings. The minimum atomic E-state index is -4.34. The number of methoxy groups -OCH3 is 1. The summed E-state index contributed by atoms with van der Waals surface area (Å²) in [6.45, 7) is 5.64. The van der Waals surface area contributed by atoms with Gasteiger partial charge in [0.05, 0.1) is 18.3 Å². The number of anilines is 1.